The van der Waals surface area contributed by atoms with Gasteiger partial charge in [0.15, 0.2) is 5.82 Å². The molecule has 0 amide bonds. The molecule has 1 unspecified atom stereocenters. The smallest absolute Gasteiger partial charge is 0.257 e. The van der Waals surface area contributed by atoms with E-state index >= 15 is 0 Å². The van der Waals surface area contributed by atoms with Gasteiger partial charge in [0.1, 0.15) is 5.82 Å². The van der Waals surface area contributed by atoms with E-state index in [1.165, 1.54) is 6.07 Å². The first kappa shape index (κ1) is 13.8. The van der Waals surface area contributed by atoms with Crippen molar-refractivity contribution in [2.45, 2.75) is 38.8 Å². The summed E-state index contributed by atoms with van der Waals surface area (Å²) in [4.78, 5) is 8.54. The fraction of sp³-hybridized carbons (Fsp3) is 0.375. The summed E-state index contributed by atoms with van der Waals surface area (Å²) < 4.78 is 18.9. The lowest BCUT2D eigenvalue weighted by molar-refractivity contribution is 0.233. The summed E-state index contributed by atoms with van der Waals surface area (Å²) in [5.74, 6) is 0.953. The highest BCUT2D eigenvalue weighted by atomic mass is 19.1. The van der Waals surface area contributed by atoms with Gasteiger partial charge in [0.05, 0.1) is 12.1 Å². The normalized spacial score (nSPS) is 16.9. The minimum Gasteiger partial charge on any atom is -0.472 e. The molecule has 1 atom stereocenters. The van der Waals surface area contributed by atoms with E-state index in [2.05, 4.69) is 15.3 Å². The summed E-state index contributed by atoms with van der Waals surface area (Å²) in [7, 11) is 0. The zero-order valence-corrected chi connectivity index (χ0v) is 12.1. The van der Waals surface area contributed by atoms with Crippen LogP contribution in [0, 0.1) is 5.82 Å². The summed E-state index contributed by atoms with van der Waals surface area (Å²) >= 11 is 0. The van der Waals surface area contributed by atoms with Crippen molar-refractivity contribution < 1.29 is 9.13 Å². The maximum atomic E-state index is 13.3. The maximum absolute atomic E-state index is 13.3. The molecule has 0 saturated heterocycles. The average molecular weight is 287 g/mol. The molecule has 1 aliphatic carbocycles. The van der Waals surface area contributed by atoms with Crippen LogP contribution < -0.4 is 10.1 Å². The molecule has 1 heterocycles. The number of nitrogens with one attached hydrogen (secondary N) is 1. The van der Waals surface area contributed by atoms with Crippen molar-refractivity contribution in [3.63, 3.8) is 0 Å². The van der Waals surface area contributed by atoms with Crippen LogP contribution >= 0.6 is 0 Å². The van der Waals surface area contributed by atoms with Crippen molar-refractivity contribution in [1.29, 1.82) is 0 Å². The molecule has 110 valence electrons. The second kappa shape index (κ2) is 5.68. The largest absolute Gasteiger partial charge is 0.472 e. The molecule has 0 radical (unpaired) electrons. The Kier molecular flexibility index (Phi) is 3.73. The van der Waals surface area contributed by atoms with Crippen molar-refractivity contribution in [2.75, 3.05) is 5.32 Å². The zero-order chi connectivity index (χ0) is 14.8. The fourth-order valence-corrected chi connectivity index (χ4v) is 2.63. The molecular weight excluding hydrogens is 269 g/mol. The lowest BCUT2D eigenvalue weighted by Gasteiger charge is -2.18. The van der Waals surface area contributed by atoms with Crippen molar-refractivity contribution >= 4 is 5.82 Å². The predicted molar refractivity (Wildman–Crippen MR) is 78.9 cm³/mol. The van der Waals surface area contributed by atoms with Crippen LogP contribution in [0.15, 0.2) is 30.6 Å². The van der Waals surface area contributed by atoms with Gasteiger partial charge < -0.3 is 10.1 Å². The van der Waals surface area contributed by atoms with Gasteiger partial charge >= 0.3 is 0 Å². The van der Waals surface area contributed by atoms with Crippen LogP contribution in [0.25, 0.3) is 0 Å². The number of hydrogen-bond donors (Lipinski definition) is 1. The number of halogens is 1. The number of nitrogens with zero attached hydrogens (tertiary/aromatic N) is 2. The number of hydrogen-bond acceptors (Lipinski definition) is 4. The number of ether oxygens (including phenoxy) is 1. The van der Waals surface area contributed by atoms with Crippen molar-refractivity contribution in [2.24, 2.45) is 0 Å². The monoisotopic (exact) mass is 287 g/mol. The van der Waals surface area contributed by atoms with Crippen LogP contribution in [0.5, 0.6) is 5.88 Å². The van der Waals surface area contributed by atoms with Crippen LogP contribution in [0.2, 0.25) is 0 Å². The highest BCUT2D eigenvalue weighted by molar-refractivity contribution is 5.49. The van der Waals surface area contributed by atoms with Gasteiger partial charge in [-0.05, 0) is 49.9 Å². The highest BCUT2D eigenvalue weighted by Gasteiger charge is 2.24. The van der Waals surface area contributed by atoms with Gasteiger partial charge in [0.25, 0.3) is 5.88 Å². The minimum absolute atomic E-state index is 0.0345. The van der Waals surface area contributed by atoms with Crippen LogP contribution in [0.1, 0.15) is 37.4 Å². The summed E-state index contributed by atoms with van der Waals surface area (Å²) in [5.41, 5.74) is 2.18. The van der Waals surface area contributed by atoms with E-state index in [1.807, 2.05) is 19.9 Å². The van der Waals surface area contributed by atoms with Crippen molar-refractivity contribution in [3.05, 3.63) is 47.5 Å². The summed E-state index contributed by atoms with van der Waals surface area (Å²) in [6, 6.07) is 5.07. The number of rotatable bonds is 4. The van der Waals surface area contributed by atoms with Crippen LogP contribution in [-0.4, -0.2) is 16.1 Å². The number of fused-ring (bicyclic) bond motifs is 1. The molecule has 0 saturated carbocycles. The summed E-state index contributed by atoms with van der Waals surface area (Å²) in [5, 5.41) is 3.37. The predicted octanol–water partition coefficient (Wildman–Crippen LogP) is 3.50. The first-order valence-electron chi connectivity index (χ1n) is 7.16. The third-order valence-electron chi connectivity index (χ3n) is 3.51. The molecule has 1 aliphatic rings. The van der Waals surface area contributed by atoms with E-state index in [-0.39, 0.29) is 18.0 Å². The van der Waals surface area contributed by atoms with Crippen molar-refractivity contribution in [3.8, 4) is 5.88 Å². The Hall–Kier alpha value is -2.17. The molecule has 2 aromatic rings. The average Bonchev–Trinajstić information content (AvgIpc) is 2.83. The zero-order valence-electron chi connectivity index (χ0n) is 12.1. The Morgan fingerprint density at radius 3 is 2.90 bits per heavy atom. The topological polar surface area (TPSA) is 47.0 Å². The summed E-state index contributed by atoms with van der Waals surface area (Å²) in [6.45, 7) is 3.90. The SMILES string of the molecule is CC(C)Oc1nccnc1NC1CCc2cc(F)ccc21. The number of anilines is 1. The maximum Gasteiger partial charge on any atom is 0.257 e. The lowest BCUT2D eigenvalue weighted by Crippen LogP contribution is -2.13. The van der Waals surface area contributed by atoms with Gasteiger partial charge in [0.2, 0.25) is 0 Å². The highest BCUT2D eigenvalue weighted by Crippen LogP contribution is 2.35. The molecule has 0 fully saturated rings. The Morgan fingerprint density at radius 2 is 2.10 bits per heavy atom. The van der Waals surface area contributed by atoms with Crippen LogP contribution in [0.3, 0.4) is 0 Å². The van der Waals surface area contributed by atoms with E-state index in [0.717, 1.165) is 24.0 Å². The molecule has 5 heteroatoms. The molecular formula is C16H18FN3O. The molecule has 21 heavy (non-hydrogen) atoms. The molecule has 1 N–H and O–H groups in total. The molecule has 3 rings (SSSR count). The summed E-state index contributed by atoms with van der Waals surface area (Å²) in [6.07, 6.45) is 5.06. The second-order valence-electron chi connectivity index (χ2n) is 5.46. The van der Waals surface area contributed by atoms with Gasteiger partial charge in [-0.25, -0.2) is 14.4 Å². The molecule has 0 bridgehead atoms. The molecule has 4 nitrogen and oxygen atoms in total. The third kappa shape index (κ3) is 2.96. The van der Waals surface area contributed by atoms with Gasteiger partial charge in [-0.2, -0.15) is 0 Å². The van der Waals surface area contributed by atoms with Gasteiger partial charge in [-0.1, -0.05) is 6.07 Å². The van der Waals surface area contributed by atoms with E-state index in [4.69, 9.17) is 4.74 Å². The Bertz CT molecular complexity index is 645. The number of aromatic nitrogens is 2. The van der Waals surface area contributed by atoms with E-state index < -0.39 is 0 Å². The molecule has 1 aromatic heterocycles. The van der Waals surface area contributed by atoms with Crippen LogP contribution in [-0.2, 0) is 6.42 Å². The number of aryl methyl sites for hydroxylation is 1. The quantitative estimate of drug-likeness (QED) is 0.935. The van der Waals surface area contributed by atoms with Gasteiger partial charge in [0, 0.05) is 12.4 Å². The Morgan fingerprint density at radius 1 is 1.29 bits per heavy atom. The Balaban J connectivity index is 1.83. The molecule has 0 spiro atoms. The van der Waals surface area contributed by atoms with Crippen molar-refractivity contribution in [1.82, 2.24) is 9.97 Å². The lowest BCUT2D eigenvalue weighted by atomic mass is 10.1. The van der Waals surface area contributed by atoms with E-state index in [1.54, 1.807) is 18.5 Å². The van der Waals surface area contributed by atoms with Crippen LogP contribution in [0.4, 0.5) is 10.2 Å². The first-order valence-corrected chi connectivity index (χ1v) is 7.16. The fourth-order valence-electron chi connectivity index (χ4n) is 2.63. The van der Waals surface area contributed by atoms with Gasteiger partial charge in [-0.3, -0.25) is 0 Å². The minimum atomic E-state index is -0.183. The standard InChI is InChI=1S/C16H18FN3O/c1-10(2)21-16-15(18-7-8-19-16)20-14-6-3-11-9-12(17)4-5-13(11)14/h4-5,7-10,14H,3,6H2,1-2H3,(H,18,20). The molecule has 1 aromatic carbocycles. The first-order chi connectivity index (χ1) is 10.1. The Labute approximate surface area is 123 Å². The van der Waals surface area contributed by atoms with E-state index in [9.17, 15) is 4.39 Å². The molecule has 0 aliphatic heterocycles. The second-order valence-corrected chi connectivity index (χ2v) is 5.46. The van der Waals surface area contributed by atoms with Gasteiger partial charge in [-0.15, -0.1) is 0 Å². The number of benzene rings is 1. The third-order valence-corrected chi connectivity index (χ3v) is 3.51. The van der Waals surface area contributed by atoms with E-state index in [0.29, 0.717) is 11.7 Å².